The Hall–Kier alpha value is -1.55. The van der Waals surface area contributed by atoms with Crippen LogP contribution in [0, 0.1) is 0 Å². The summed E-state index contributed by atoms with van der Waals surface area (Å²) in [5.74, 6) is -0.635. The molecule has 16 heavy (non-hydrogen) atoms. The van der Waals surface area contributed by atoms with Crippen molar-refractivity contribution in [3.63, 3.8) is 0 Å². The van der Waals surface area contributed by atoms with Gasteiger partial charge < -0.3 is 10.1 Å². The first-order valence-electron chi connectivity index (χ1n) is 4.67. The zero-order valence-electron chi connectivity index (χ0n) is 8.83. The maximum atomic E-state index is 11.0. The van der Waals surface area contributed by atoms with E-state index in [0.717, 1.165) is 5.56 Å². The Kier molecular flexibility index (Phi) is 4.79. The molecule has 5 heteroatoms. The predicted octanol–water partition coefficient (Wildman–Crippen LogP) is 1.58. The number of ether oxygens (including phenoxy) is 1. The summed E-state index contributed by atoms with van der Waals surface area (Å²) in [5.41, 5.74) is 1.48. The fourth-order valence-corrected chi connectivity index (χ4v) is 1.21. The van der Waals surface area contributed by atoms with Gasteiger partial charge in [0.15, 0.2) is 0 Å². The summed E-state index contributed by atoms with van der Waals surface area (Å²) in [6.45, 7) is 0. The van der Waals surface area contributed by atoms with Crippen molar-refractivity contribution in [2.24, 2.45) is 0 Å². The molecule has 1 N–H and O–H groups in total. The molecule has 0 aromatic heterocycles. The van der Waals surface area contributed by atoms with Gasteiger partial charge in [0.05, 0.1) is 13.5 Å². The van der Waals surface area contributed by atoms with E-state index < -0.39 is 0 Å². The van der Waals surface area contributed by atoms with E-state index in [1.807, 2.05) is 0 Å². The highest BCUT2D eigenvalue weighted by Gasteiger charge is 2.03. The van der Waals surface area contributed by atoms with Crippen molar-refractivity contribution in [3.05, 3.63) is 29.8 Å². The van der Waals surface area contributed by atoms with Gasteiger partial charge in [0.1, 0.15) is 5.88 Å². The number of halogens is 1. The zero-order chi connectivity index (χ0) is 12.0. The molecule has 0 fully saturated rings. The SMILES string of the molecule is COC(=O)Cc1ccc(NC(=O)CCl)cc1. The fraction of sp³-hybridized carbons (Fsp3) is 0.273. The zero-order valence-corrected chi connectivity index (χ0v) is 9.58. The molecular formula is C11H12ClNO3. The van der Waals surface area contributed by atoms with Gasteiger partial charge in [-0.25, -0.2) is 0 Å². The molecule has 1 rings (SSSR count). The fourth-order valence-electron chi connectivity index (χ4n) is 1.14. The van der Waals surface area contributed by atoms with Crippen LogP contribution in [0.3, 0.4) is 0 Å². The number of nitrogens with one attached hydrogen (secondary N) is 1. The maximum Gasteiger partial charge on any atom is 0.309 e. The van der Waals surface area contributed by atoms with Gasteiger partial charge in [-0.2, -0.15) is 0 Å². The summed E-state index contributed by atoms with van der Waals surface area (Å²) in [6, 6.07) is 6.92. The maximum absolute atomic E-state index is 11.0. The Labute approximate surface area is 98.5 Å². The molecule has 0 bridgehead atoms. The highest BCUT2D eigenvalue weighted by Crippen LogP contribution is 2.10. The Morgan fingerprint density at radius 3 is 2.44 bits per heavy atom. The largest absolute Gasteiger partial charge is 0.469 e. The second-order valence-electron chi connectivity index (χ2n) is 3.13. The van der Waals surface area contributed by atoms with Crippen molar-refractivity contribution in [1.29, 1.82) is 0 Å². The number of benzene rings is 1. The van der Waals surface area contributed by atoms with Crippen LogP contribution in [0.15, 0.2) is 24.3 Å². The number of hydrogen-bond donors (Lipinski definition) is 1. The van der Waals surface area contributed by atoms with Crippen LogP contribution in [-0.2, 0) is 20.7 Å². The van der Waals surface area contributed by atoms with E-state index >= 15 is 0 Å². The summed E-state index contributed by atoms with van der Waals surface area (Å²) in [7, 11) is 1.34. The average molecular weight is 242 g/mol. The highest BCUT2D eigenvalue weighted by atomic mass is 35.5. The van der Waals surface area contributed by atoms with E-state index in [4.69, 9.17) is 11.6 Å². The first-order chi connectivity index (χ1) is 7.65. The molecule has 0 unspecified atom stereocenters. The van der Waals surface area contributed by atoms with Gasteiger partial charge in [-0.3, -0.25) is 9.59 Å². The second-order valence-corrected chi connectivity index (χ2v) is 3.40. The van der Waals surface area contributed by atoms with Gasteiger partial charge in [-0.05, 0) is 17.7 Å². The quantitative estimate of drug-likeness (QED) is 0.643. The molecule has 0 aliphatic carbocycles. The number of amides is 1. The van der Waals surface area contributed by atoms with Crippen LogP contribution in [0.1, 0.15) is 5.56 Å². The molecule has 0 heterocycles. The molecule has 1 aromatic rings. The molecule has 0 saturated carbocycles. The number of alkyl halides is 1. The van der Waals surface area contributed by atoms with Crippen molar-refractivity contribution >= 4 is 29.2 Å². The molecular weight excluding hydrogens is 230 g/mol. The van der Waals surface area contributed by atoms with Gasteiger partial charge in [-0.15, -0.1) is 11.6 Å². The standard InChI is InChI=1S/C11H12ClNO3/c1-16-11(15)6-8-2-4-9(5-3-8)13-10(14)7-12/h2-5H,6-7H2,1H3,(H,13,14). The Morgan fingerprint density at radius 2 is 1.94 bits per heavy atom. The number of esters is 1. The minimum atomic E-state index is -0.294. The van der Waals surface area contributed by atoms with Gasteiger partial charge in [0.2, 0.25) is 5.91 Å². The molecule has 0 radical (unpaired) electrons. The lowest BCUT2D eigenvalue weighted by atomic mass is 10.1. The smallest absolute Gasteiger partial charge is 0.309 e. The number of methoxy groups -OCH3 is 1. The van der Waals surface area contributed by atoms with E-state index in [0.29, 0.717) is 5.69 Å². The van der Waals surface area contributed by atoms with Gasteiger partial charge in [0.25, 0.3) is 0 Å². The minimum absolute atomic E-state index is 0.0795. The lowest BCUT2D eigenvalue weighted by Gasteiger charge is -2.04. The van der Waals surface area contributed by atoms with Crippen molar-refractivity contribution in [2.45, 2.75) is 6.42 Å². The molecule has 1 amide bonds. The molecule has 0 atom stereocenters. The summed E-state index contributed by atoms with van der Waals surface area (Å²) in [5, 5.41) is 2.60. The van der Waals surface area contributed by atoms with E-state index in [9.17, 15) is 9.59 Å². The van der Waals surface area contributed by atoms with E-state index in [2.05, 4.69) is 10.1 Å². The van der Waals surface area contributed by atoms with Crippen LogP contribution in [0.5, 0.6) is 0 Å². The molecule has 0 spiro atoms. The first kappa shape index (κ1) is 12.5. The third kappa shape index (κ3) is 3.90. The second kappa shape index (κ2) is 6.12. The number of carbonyl (C=O) groups is 2. The van der Waals surface area contributed by atoms with Gasteiger partial charge in [-0.1, -0.05) is 12.1 Å². The molecule has 0 aliphatic rings. The number of rotatable bonds is 4. The third-order valence-corrected chi connectivity index (χ3v) is 2.18. The van der Waals surface area contributed by atoms with Crippen molar-refractivity contribution in [2.75, 3.05) is 18.3 Å². The number of carbonyl (C=O) groups excluding carboxylic acids is 2. The van der Waals surface area contributed by atoms with Crippen molar-refractivity contribution < 1.29 is 14.3 Å². The number of anilines is 1. The molecule has 86 valence electrons. The van der Waals surface area contributed by atoms with Crippen LogP contribution in [-0.4, -0.2) is 24.9 Å². The van der Waals surface area contributed by atoms with E-state index in [1.54, 1.807) is 24.3 Å². The van der Waals surface area contributed by atoms with Crippen LogP contribution in [0.2, 0.25) is 0 Å². The summed E-state index contributed by atoms with van der Waals surface area (Å²) >= 11 is 5.35. The monoisotopic (exact) mass is 241 g/mol. The normalized spacial score (nSPS) is 9.62. The highest BCUT2D eigenvalue weighted by molar-refractivity contribution is 6.29. The number of hydrogen-bond acceptors (Lipinski definition) is 3. The summed E-state index contributed by atoms with van der Waals surface area (Å²) in [4.78, 5) is 22.0. The molecule has 0 saturated heterocycles. The summed E-state index contributed by atoms with van der Waals surface area (Å²) < 4.78 is 4.54. The molecule has 4 nitrogen and oxygen atoms in total. The van der Waals surface area contributed by atoms with Crippen LogP contribution in [0.4, 0.5) is 5.69 Å². The third-order valence-electron chi connectivity index (χ3n) is 1.94. The Morgan fingerprint density at radius 1 is 1.31 bits per heavy atom. The minimum Gasteiger partial charge on any atom is -0.469 e. The first-order valence-corrected chi connectivity index (χ1v) is 5.20. The van der Waals surface area contributed by atoms with Crippen molar-refractivity contribution in [1.82, 2.24) is 0 Å². The lowest BCUT2D eigenvalue weighted by molar-refractivity contribution is -0.139. The van der Waals surface area contributed by atoms with Crippen LogP contribution in [0.25, 0.3) is 0 Å². The summed E-state index contributed by atoms with van der Waals surface area (Å²) in [6.07, 6.45) is 0.222. The molecule has 1 aromatic carbocycles. The molecule has 0 aliphatic heterocycles. The van der Waals surface area contributed by atoms with Crippen LogP contribution >= 0.6 is 11.6 Å². The topological polar surface area (TPSA) is 55.4 Å². The predicted molar refractivity (Wildman–Crippen MR) is 61.5 cm³/mol. The average Bonchev–Trinajstić information content (AvgIpc) is 2.31. The van der Waals surface area contributed by atoms with E-state index in [-0.39, 0.29) is 24.2 Å². The van der Waals surface area contributed by atoms with Gasteiger partial charge in [0, 0.05) is 5.69 Å². The van der Waals surface area contributed by atoms with Crippen molar-refractivity contribution in [3.8, 4) is 0 Å². The Balaban J connectivity index is 2.60. The van der Waals surface area contributed by atoms with E-state index in [1.165, 1.54) is 7.11 Å². The lowest BCUT2D eigenvalue weighted by Crippen LogP contribution is -2.12. The van der Waals surface area contributed by atoms with Gasteiger partial charge >= 0.3 is 5.97 Å². The Bertz CT molecular complexity index is 338. The van der Waals surface area contributed by atoms with Crippen LogP contribution < -0.4 is 5.32 Å².